The maximum Gasteiger partial charge on any atom is 0.307 e. The van der Waals surface area contributed by atoms with Crippen LogP contribution in [0.15, 0.2) is 18.2 Å². The highest BCUT2D eigenvalue weighted by molar-refractivity contribution is 7.87. The number of aromatic nitrogens is 1. The second kappa shape index (κ2) is 4.45. The van der Waals surface area contributed by atoms with Crippen molar-refractivity contribution in [3.63, 3.8) is 0 Å². The maximum absolute atomic E-state index is 13.1. The molecule has 2 heterocycles. The molecule has 0 aliphatic carbocycles. The molecule has 1 fully saturated rings. The first kappa shape index (κ1) is 13.4. The molecule has 1 aliphatic rings. The van der Waals surface area contributed by atoms with Crippen molar-refractivity contribution in [1.82, 2.24) is 4.98 Å². The summed E-state index contributed by atoms with van der Waals surface area (Å²) < 4.78 is 48.4. The zero-order chi connectivity index (χ0) is 14.5. The molecule has 3 rings (SSSR count). The van der Waals surface area contributed by atoms with Gasteiger partial charge in [-0.2, -0.15) is 8.42 Å². The fourth-order valence-corrected chi connectivity index (χ4v) is 3.69. The van der Waals surface area contributed by atoms with E-state index in [1.807, 2.05) is 0 Å². The van der Waals surface area contributed by atoms with Crippen LogP contribution in [0.3, 0.4) is 0 Å². The van der Waals surface area contributed by atoms with Crippen LogP contribution in [0, 0.1) is 5.82 Å². The molecule has 1 saturated heterocycles. The van der Waals surface area contributed by atoms with Gasteiger partial charge in [0.15, 0.2) is 5.13 Å². The number of anilines is 1. The maximum atomic E-state index is 13.1. The van der Waals surface area contributed by atoms with E-state index in [2.05, 4.69) is 4.98 Å². The Bertz CT molecular complexity index is 803. The zero-order valence-corrected chi connectivity index (χ0v) is 11.5. The van der Waals surface area contributed by atoms with Crippen molar-refractivity contribution in [3.05, 3.63) is 24.0 Å². The Morgan fingerprint density at radius 2 is 2.15 bits per heavy atom. The van der Waals surface area contributed by atoms with Gasteiger partial charge in [0.1, 0.15) is 11.1 Å². The van der Waals surface area contributed by atoms with Crippen LogP contribution in [-0.2, 0) is 15.0 Å². The average Bonchev–Trinajstić information content (AvgIpc) is 2.90. The molecular weight excluding hydrogens is 310 g/mol. The van der Waals surface area contributed by atoms with Gasteiger partial charge in [-0.3, -0.25) is 9.69 Å². The van der Waals surface area contributed by atoms with E-state index in [0.717, 1.165) is 16.2 Å². The highest BCUT2D eigenvalue weighted by Gasteiger charge is 2.40. The lowest BCUT2D eigenvalue weighted by Crippen LogP contribution is -2.26. The molecule has 1 aliphatic heterocycles. The quantitative estimate of drug-likeness (QED) is 0.793. The van der Waals surface area contributed by atoms with Crippen molar-refractivity contribution in [1.29, 1.82) is 0 Å². The molecular formula is C11H8F2N2O3S2. The Morgan fingerprint density at radius 3 is 2.80 bits per heavy atom. The number of amides is 1. The number of thiazole rings is 1. The first-order valence-corrected chi connectivity index (χ1v) is 7.91. The summed E-state index contributed by atoms with van der Waals surface area (Å²) in [6.45, 7) is -0.264. The SMILES string of the molecule is O=C1CC(S(=O)(=O)F)CN1c1nc2cc(F)ccc2s1. The van der Waals surface area contributed by atoms with E-state index < -0.39 is 33.6 Å². The molecule has 2 aromatic rings. The molecule has 9 heteroatoms. The number of benzene rings is 1. The van der Waals surface area contributed by atoms with Crippen LogP contribution in [0.4, 0.5) is 13.4 Å². The van der Waals surface area contributed by atoms with E-state index in [-0.39, 0.29) is 11.7 Å². The van der Waals surface area contributed by atoms with E-state index >= 15 is 0 Å². The second-order valence-corrected chi connectivity index (χ2v) is 7.04. The number of hydrogen-bond acceptors (Lipinski definition) is 5. The van der Waals surface area contributed by atoms with Gasteiger partial charge in [-0.1, -0.05) is 11.3 Å². The van der Waals surface area contributed by atoms with Crippen LogP contribution in [0.1, 0.15) is 6.42 Å². The number of carbonyl (C=O) groups is 1. The van der Waals surface area contributed by atoms with Gasteiger partial charge in [0.25, 0.3) is 0 Å². The van der Waals surface area contributed by atoms with Gasteiger partial charge in [0.2, 0.25) is 5.91 Å². The van der Waals surface area contributed by atoms with Gasteiger partial charge in [-0.25, -0.2) is 9.37 Å². The number of fused-ring (bicyclic) bond motifs is 1. The van der Waals surface area contributed by atoms with Gasteiger partial charge in [-0.05, 0) is 12.1 Å². The van der Waals surface area contributed by atoms with E-state index in [4.69, 9.17) is 0 Å². The lowest BCUT2D eigenvalue weighted by Gasteiger charge is -2.11. The number of hydrogen-bond donors (Lipinski definition) is 0. The number of halogens is 2. The van der Waals surface area contributed by atoms with Crippen LogP contribution in [0.5, 0.6) is 0 Å². The van der Waals surface area contributed by atoms with E-state index in [9.17, 15) is 21.5 Å². The summed E-state index contributed by atoms with van der Waals surface area (Å²) in [6.07, 6.45) is -0.400. The lowest BCUT2D eigenvalue weighted by molar-refractivity contribution is -0.117. The Balaban J connectivity index is 1.97. The minimum absolute atomic E-state index is 0.252. The zero-order valence-electron chi connectivity index (χ0n) is 9.92. The lowest BCUT2D eigenvalue weighted by atomic mass is 10.3. The molecule has 1 amide bonds. The minimum Gasteiger partial charge on any atom is -0.287 e. The minimum atomic E-state index is -4.76. The highest BCUT2D eigenvalue weighted by Crippen LogP contribution is 2.33. The molecule has 106 valence electrons. The molecule has 1 aromatic carbocycles. The summed E-state index contributed by atoms with van der Waals surface area (Å²) in [6, 6.07) is 4.01. The van der Waals surface area contributed by atoms with Gasteiger partial charge < -0.3 is 0 Å². The van der Waals surface area contributed by atoms with Gasteiger partial charge in [-0.15, -0.1) is 3.89 Å². The first-order valence-electron chi connectivity index (χ1n) is 5.64. The highest BCUT2D eigenvalue weighted by atomic mass is 32.3. The average molecular weight is 318 g/mol. The fourth-order valence-electron chi connectivity index (χ4n) is 2.05. The monoisotopic (exact) mass is 318 g/mol. The molecule has 0 radical (unpaired) electrons. The van der Waals surface area contributed by atoms with Crippen molar-refractivity contribution < 1.29 is 21.5 Å². The standard InChI is InChI=1S/C11H8F2N2O3S2/c12-6-1-2-9-8(3-6)14-11(19-9)15-5-7(4-10(15)16)20(13,17)18/h1-3,7H,4-5H2. The molecule has 20 heavy (non-hydrogen) atoms. The van der Waals surface area contributed by atoms with Crippen molar-refractivity contribution in [2.24, 2.45) is 0 Å². The summed E-state index contributed by atoms with van der Waals surface area (Å²) >= 11 is 1.13. The van der Waals surface area contributed by atoms with E-state index in [1.165, 1.54) is 18.2 Å². The van der Waals surface area contributed by atoms with E-state index in [0.29, 0.717) is 10.2 Å². The van der Waals surface area contributed by atoms with Gasteiger partial charge >= 0.3 is 10.2 Å². The third-order valence-corrected chi connectivity index (χ3v) is 5.23. The molecule has 5 nitrogen and oxygen atoms in total. The Kier molecular flexibility index (Phi) is 2.98. The number of rotatable bonds is 2. The van der Waals surface area contributed by atoms with Crippen molar-refractivity contribution >= 4 is 42.8 Å². The summed E-state index contributed by atoms with van der Waals surface area (Å²) in [5.41, 5.74) is 0.379. The Labute approximate surface area is 117 Å². The topological polar surface area (TPSA) is 67.3 Å². The molecule has 0 bridgehead atoms. The van der Waals surface area contributed by atoms with Crippen molar-refractivity contribution in [2.45, 2.75) is 11.7 Å². The van der Waals surface area contributed by atoms with Gasteiger partial charge in [0.05, 0.1) is 10.2 Å². The normalized spacial score (nSPS) is 20.0. The summed E-state index contributed by atoms with van der Waals surface area (Å²) in [4.78, 5) is 17.0. The van der Waals surface area contributed by atoms with Gasteiger partial charge in [0, 0.05) is 19.0 Å². The largest absolute Gasteiger partial charge is 0.307 e. The van der Waals surface area contributed by atoms with Crippen molar-refractivity contribution in [2.75, 3.05) is 11.4 Å². The fraction of sp³-hybridized carbons (Fsp3) is 0.273. The predicted molar refractivity (Wildman–Crippen MR) is 70.4 cm³/mol. The van der Waals surface area contributed by atoms with Crippen LogP contribution >= 0.6 is 11.3 Å². The summed E-state index contributed by atoms with van der Waals surface area (Å²) in [7, 11) is -4.76. The van der Waals surface area contributed by atoms with Crippen LogP contribution in [0.25, 0.3) is 10.2 Å². The van der Waals surface area contributed by atoms with Crippen LogP contribution in [-0.4, -0.2) is 31.1 Å². The van der Waals surface area contributed by atoms with Crippen LogP contribution in [0.2, 0.25) is 0 Å². The molecule has 0 saturated carbocycles. The number of carbonyl (C=O) groups excluding carboxylic acids is 1. The third kappa shape index (κ3) is 2.27. The molecule has 0 N–H and O–H groups in total. The van der Waals surface area contributed by atoms with E-state index in [1.54, 1.807) is 0 Å². The number of nitrogens with zero attached hydrogens (tertiary/aromatic N) is 2. The third-order valence-electron chi connectivity index (χ3n) is 3.06. The van der Waals surface area contributed by atoms with Crippen LogP contribution < -0.4 is 4.90 Å². The molecule has 1 unspecified atom stereocenters. The molecule has 1 aromatic heterocycles. The Morgan fingerprint density at radius 1 is 1.40 bits per heavy atom. The smallest absolute Gasteiger partial charge is 0.287 e. The first-order chi connectivity index (χ1) is 9.34. The Hall–Kier alpha value is -1.61. The molecule has 0 spiro atoms. The summed E-state index contributed by atoms with van der Waals surface area (Å²) in [5, 5.41) is -1.11. The van der Waals surface area contributed by atoms with Crippen molar-refractivity contribution in [3.8, 4) is 0 Å². The second-order valence-electron chi connectivity index (χ2n) is 4.41. The summed E-state index contributed by atoms with van der Waals surface area (Å²) in [5.74, 6) is -0.956. The molecule has 1 atom stereocenters. The predicted octanol–water partition coefficient (Wildman–Crippen LogP) is 1.84.